The summed E-state index contributed by atoms with van der Waals surface area (Å²) in [5, 5.41) is 1.16. The van der Waals surface area contributed by atoms with Crippen molar-refractivity contribution in [2.24, 2.45) is 10.7 Å². The lowest BCUT2D eigenvalue weighted by atomic mass is 10.1. The standard InChI is InChI=1S/C19H20N4O6S2/c20-18(27)11-6-9-30-15(11)3-4-16(26)22-8-5-12-17(22)14(25)10-23(12)31(28,29)19-13(24)2-1-7-21-19/h1,6-7,9,12,17H,2-5,8,10H2,(H2,20,27). The fraction of sp³-hybridized carbons (Fsp3) is 0.421. The monoisotopic (exact) mass is 464 g/mol. The zero-order valence-corrected chi connectivity index (χ0v) is 18.0. The van der Waals surface area contributed by atoms with Gasteiger partial charge >= 0.3 is 0 Å². The molecular weight excluding hydrogens is 444 g/mol. The largest absolute Gasteiger partial charge is 0.366 e. The third-order valence-corrected chi connectivity index (χ3v) is 8.49. The van der Waals surface area contributed by atoms with Crippen LogP contribution in [0, 0.1) is 0 Å². The van der Waals surface area contributed by atoms with Gasteiger partial charge in [-0.2, -0.15) is 4.31 Å². The molecule has 164 valence electrons. The normalized spacial score (nSPS) is 23.9. The maximum Gasteiger partial charge on any atom is 0.264 e. The number of likely N-dealkylation sites (tertiary alicyclic amines) is 1. The maximum absolute atomic E-state index is 13.0. The summed E-state index contributed by atoms with van der Waals surface area (Å²) in [5.74, 6) is -1.86. The van der Waals surface area contributed by atoms with E-state index in [4.69, 9.17) is 5.73 Å². The molecule has 4 heterocycles. The second-order valence-electron chi connectivity index (χ2n) is 7.47. The predicted octanol–water partition coefficient (Wildman–Crippen LogP) is -0.151. The van der Waals surface area contributed by atoms with Gasteiger partial charge in [0.05, 0.1) is 18.2 Å². The van der Waals surface area contributed by atoms with Gasteiger partial charge in [-0.25, -0.2) is 13.4 Å². The van der Waals surface area contributed by atoms with Crippen molar-refractivity contribution in [3.63, 3.8) is 0 Å². The highest BCUT2D eigenvalue weighted by molar-refractivity contribution is 8.06. The SMILES string of the molecule is NC(=O)c1ccsc1CCC(=O)N1CCC2C1C(=O)CN2S(=O)(=O)C1=NC=CCC1=O. The fourth-order valence-corrected chi connectivity index (χ4v) is 6.80. The first-order valence-corrected chi connectivity index (χ1v) is 12.0. The number of allylic oxidation sites excluding steroid dienone is 1. The molecule has 0 spiro atoms. The average Bonchev–Trinajstić information content (AvgIpc) is 3.43. The van der Waals surface area contributed by atoms with Crippen molar-refractivity contribution in [3.05, 3.63) is 34.2 Å². The first kappa shape index (κ1) is 21.5. The number of rotatable bonds is 5. The van der Waals surface area contributed by atoms with Crippen LogP contribution >= 0.6 is 11.3 Å². The average molecular weight is 465 g/mol. The number of thiophene rings is 1. The van der Waals surface area contributed by atoms with Crippen molar-refractivity contribution in [2.75, 3.05) is 13.1 Å². The lowest BCUT2D eigenvalue weighted by molar-refractivity contribution is -0.136. The number of carbonyl (C=O) groups is 4. The Balaban J connectivity index is 1.49. The van der Waals surface area contributed by atoms with Crippen LogP contribution < -0.4 is 5.73 Å². The van der Waals surface area contributed by atoms with Crippen LogP contribution in [-0.4, -0.2) is 71.2 Å². The smallest absolute Gasteiger partial charge is 0.264 e. The number of ketones is 2. The molecule has 2 saturated heterocycles. The van der Waals surface area contributed by atoms with Gasteiger partial charge in [-0.15, -0.1) is 11.3 Å². The molecule has 2 unspecified atom stereocenters. The predicted molar refractivity (Wildman–Crippen MR) is 112 cm³/mol. The highest BCUT2D eigenvalue weighted by Gasteiger charge is 2.54. The minimum Gasteiger partial charge on any atom is -0.366 e. The van der Waals surface area contributed by atoms with Gasteiger partial charge in [-0.3, -0.25) is 19.2 Å². The van der Waals surface area contributed by atoms with Crippen LogP contribution in [0.5, 0.6) is 0 Å². The van der Waals surface area contributed by atoms with E-state index in [2.05, 4.69) is 4.99 Å². The molecule has 31 heavy (non-hydrogen) atoms. The molecule has 2 fully saturated rings. The second-order valence-corrected chi connectivity index (χ2v) is 10.3. The van der Waals surface area contributed by atoms with E-state index >= 15 is 0 Å². The van der Waals surface area contributed by atoms with Gasteiger partial charge in [0.15, 0.2) is 11.6 Å². The number of nitrogens with zero attached hydrogens (tertiary/aromatic N) is 3. The molecule has 0 saturated carbocycles. The Labute approximate surface area is 182 Å². The molecule has 0 aliphatic carbocycles. The maximum atomic E-state index is 13.0. The molecule has 3 aliphatic rings. The van der Waals surface area contributed by atoms with Crippen LogP contribution in [-0.2, 0) is 30.8 Å². The lowest BCUT2D eigenvalue weighted by Gasteiger charge is -2.24. The van der Waals surface area contributed by atoms with Crippen LogP contribution in [0.1, 0.15) is 34.5 Å². The van der Waals surface area contributed by atoms with Crippen LogP contribution in [0.15, 0.2) is 28.7 Å². The third kappa shape index (κ3) is 3.75. The summed E-state index contributed by atoms with van der Waals surface area (Å²) < 4.78 is 27.0. The summed E-state index contributed by atoms with van der Waals surface area (Å²) in [7, 11) is -4.24. The number of aryl methyl sites for hydroxylation is 1. The number of amides is 2. The Hall–Kier alpha value is -2.70. The number of hydrogen-bond donors (Lipinski definition) is 1. The molecule has 0 radical (unpaired) electrons. The van der Waals surface area contributed by atoms with Crippen molar-refractivity contribution < 1.29 is 27.6 Å². The fourth-order valence-electron chi connectivity index (χ4n) is 4.25. The Morgan fingerprint density at radius 3 is 2.77 bits per heavy atom. The van der Waals surface area contributed by atoms with E-state index in [9.17, 15) is 27.6 Å². The number of hydrogen-bond acceptors (Lipinski definition) is 8. The summed E-state index contributed by atoms with van der Waals surface area (Å²) >= 11 is 1.33. The highest BCUT2D eigenvalue weighted by atomic mass is 32.2. The Bertz CT molecular complexity index is 1140. The molecule has 2 atom stereocenters. The first-order valence-electron chi connectivity index (χ1n) is 9.68. The van der Waals surface area contributed by atoms with Gasteiger partial charge in [-0.05, 0) is 24.3 Å². The minimum absolute atomic E-state index is 0.0609. The van der Waals surface area contributed by atoms with Crippen LogP contribution in [0.3, 0.4) is 0 Å². The van der Waals surface area contributed by atoms with Crippen molar-refractivity contribution in [1.82, 2.24) is 9.21 Å². The zero-order valence-electron chi connectivity index (χ0n) is 16.4. The first-order chi connectivity index (χ1) is 14.7. The van der Waals surface area contributed by atoms with E-state index in [1.54, 1.807) is 11.4 Å². The molecule has 4 rings (SSSR count). The summed E-state index contributed by atoms with van der Waals surface area (Å²) in [4.78, 5) is 54.8. The van der Waals surface area contributed by atoms with Crippen LogP contribution in [0.4, 0.5) is 0 Å². The van der Waals surface area contributed by atoms with E-state index in [0.717, 1.165) is 4.31 Å². The number of carbonyl (C=O) groups excluding carboxylic acids is 4. The second kappa shape index (κ2) is 8.09. The molecule has 1 aromatic rings. The molecule has 2 amide bonds. The number of nitrogens with two attached hydrogens (primary N) is 1. The van der Waals surface area contributed by atoms with Crippen LogP contribution in [0.25, 0.3) is 0 Å². The lowest BCUT2D eigenvalue weighted by Crippen LogP contribution is -2.45. The third-order valence-electron chi connectivity index (χ3n) is 5.67. The van der Waals surface area contributed by atoms with E-state index < -0.39 is 45.4 Å². The van der Waals surface area contributed by atoms with Gasteiger partial charge in [0.2, 0.25) is 16.9 Å². The molecular formula is C19H20N4O6S2. The van der Waals surface area contributed by atoms with Crippen molar-refractivity contribution in [1.29, 1.82) is 0 Å². The molecule has 0 bridgehead atoms. The number of sulfonamides is 1. The number of aliphatic imine (C=N–C) groups is 1. The van der Waals surface area contributed by atoms with Gasteiger partial charge in [0, 0.05) is 30.5 Å². The molecule has 1 aromatic heterocycles. The summed E-state index contributed by atoms with van der Waals surface area (Å²) in [6, 6.07) is 0.00803. The summed E-state index contributed by atoms with van der Waals surface area (Å²) in [5.41, 5.74) is 5.70. The Morgan fingerprint density at radius 2 is 2.06 bits per heavy atom. The van der Waals surface area contributed by atoms with Crippen molar-refractivity contribution in [3.8, 4) is 0 Å². The molecule has 0 aromatic carbocycles. The highest BCUT2D eigenvalue weighted by Crippen LogP contribution is 2.33. The number of fused-ring (bicyclic) bond motifs is 1. The molecule has 12 heteroatoms. The molecule has 3 aliphatic heterocycles. The molecule has 2 N–H and O–H groups in total. The zero-order chi connectivity index (χ0) is 22.3. The minimum atomic E-state index is -4.24. The van der Waals surface area contributed by atoms with Gasteiger partial charge in [0.25, 0.3) is 10.0 Å². The number of Topliss-reactive ketones (excluding diaryl/α,β-unsaturated/α-hetero) is 2. The molecule has 10 nitrogen and oxygen atoms in total. The summed E-state index contributed by atoms with van der Waals surface area (Å²) in [6.07, 6.45) is 3.33. The quantitative estimate of drug-likeness (QED) is 0.641. The van der Waals surface area contributed by atoms with Gasteiger partial charge < -0.3 is 10.6 Å². The van der Waals surface area contributed by atoms with E-state index in [1.807, 2.05) is 0 Å². The Kier molecular flexibility index (Phi) is 5.62. The van der Waals surface area contributed by atoms with E-state index in [0.29, 0.717) is 23.3 Å². The van der Waals surface area contributed by atoms with Crippen molar-refractivity contribution >= 4 is 49.8 Å². The topological polar surface area (TPSA) is 147 Å². The van der Waals surface area contributed by atoms with Gasteiger partial charge in [0.1, 0.15) is 6.04 Å². The van der Waals surface area contributed by atoms with Gasteiger partial charge in [-0.1, -0.05) is 6.08 Å². The summed E-state index contributed by atoms with van der Waals surface area (Å²) in [6.45, 7) is -0.159. The van der Waals surface area contributed by atoms with E-state index in [-0.39, 0.29) is 31.1 Å². The van der Waals surface area contributed by atoms with Crippen LogP contribution in [0.2, 0.25) is 0 Å². The van der Waals surface area contributed by atoms with E-state index in [1.165, 1.54) is 28.5 Å². The van der Waals surface area contributed by atoms with Crippen molar-refractivity contribution in [2.45, 2.75) is 37.8 Å². The number of primary amides is 1. The Morgan fingerprint density at radius 1 is 1.29 bits per heavy atom.